The molecule has 0 bridgehead atoms. The van der Waals surface area contributed by atoms with Crippen LogP contribution in [0.1, 0.15) is 0 Å². The molecule has 3 aromatic rings. The van der Waals surface area contributed by atoms with Crippen LogP contribution in [0.15, 0.2) is 78.9 Å². The summed E-state index contributed by atoms with van der Waals surface area (Å²) in [5.74, 6) is 2.20. The highest BCUT2D eigenvalue weighted by molar-refractivity contribution is 6.58. The molecule has 0 saturated carbocycles. The van der Waals surface area contributed by atoms with Gasteiger partial charge >= 0.3 is 7.12 Å². The molecule has 0 aliphatic carbocycles. The van der Waals surface area contributed by atoms with Gasteiger partial charge in [0, 0.05) is 0 Å². The van der Waals surface area contributed by atoms with Gasteiger partial charge in [-0.05, 0) is 41.9 Å². The summed E-state index contributed by atoms with van der Waals surface area (Å²) in [6.07, 6.45) is 0. The molecule has 0 aromatic heterocycles. The molecular formula is C18H15BO4. The summed E-state index contributed by atoms with van der Waals surface area (Å²) in [6.45, 7) is 0. The molecule has 3 aromatic carbocycles. The average molecular weight is 306 g/mol. The van der Waals surface area contributed by atoms with Gasteiger partial charge in [-0.15, -0.1) is 0 Å². The summed E-state index contributed by atoms with van der Waals surface area (Å²) in [6, 6.07) is 23.3. The highest BCUT2D eigenvalue weighted by atomic mass is 16.5. The molecule has 0 aliphatic rings. The smallest absolute Gasteiger partial charge is 0.453 e. The van der Waals surface area contributed by atoms with E-state index in [1.807, 2.05) is 60.7 Å². The maximum Gasteiger partial charge on any atom is 0.488 e. The molecule has 23 heavy (non-hydrogen) atoms. The Morgan fingerprint density at radius 3 is 1.65 bits per heavy atom. The van der Waals surface area contributed by atoms with Gasteiger partial charge in [0.15, 0.2) is 11.5 Å². The fourth-order valence-corrected chi connectivity index (χ4v) is 2.08. The Balaban J connectivity index is 1.94. The van der Waals surface area contributed by atoms with E-state index in [0.29, 0.717) is 28.5 Å². The fraction of sp³-hybridized carbons (Fsp3) is 0. The van der Waals surface area contributed by atoms with Gasteiger partial charge in [0.25, 0.3) is 0 Å². The van der Waals surface area contributed by atoms with Gasteiger partial charge in [-0.1, -0.05) is 42.5 Å². The molecule has 0 fully saturated rings. The lowest BCUT2D eigenvalue weighted by Gasteiger charge is -2.13. The van der Waals surface area contributed by atoms with Gasteiger partial charge in [-0.3, -0.25) is 0 Å². The van der Waals surface area contributed by atoms with E-state index in [1.54, 1.807) is 18.2 Å². The molecule has 0 amide bonds. The Morgan fingerprint density at radius 2 is 1.13 bits per heavy atom. The average Bonchev–Trinajstić information content (AvgIpc) is 2.58. The van der Waals surface area contributed by atoms with Crippen LogP contribution in [0.3, 0.4) is 0 Å². The molecule has 3 rings (SSSR count). The highest BCUT2D eigenvalue weighted by Crippen LogP contribution is 2.33. The van der Waals surface area contributed by atoms with Gasteiger partial charge in [0.1, 0.15) is 11.5 Å². The summed E-state index contributed by atoms with van der Waals surface area (Å²) in [5, 5.41) is 18.7. The van der Waals surface area contributed by atoms with Gasteiger partial charge < -0.3 is 19.5 Å². The van der Waals surface area contributed by atoms with Crippen LogP contribution in [0.5, 0.6) is 23.0 Å². The van der Waals surface area contributed by atoms with Crippen molar-refractivity contribution in [3.63, 3.8) is 0 Å². The Bertz CT molecular complexity index is 760. The van der Waals surface area contributed by atoms with E-state index in [4.69, 9.17) is 9.47 Å². The molecule has 0 atom stereocenters. The van der Waals surface area contributed by atoms with Crippen LogP contribution in [-0.2, 0) is 0 Å². The van der Waals surface area contributed by atoms with Gasteiger partial charge in [0.05, 0.1) is 0 Å². The lowest BCUT2D eigenvalue weighted by Crippen LogP contribution is -2.29. The topological polar surface area (TPSA) is 58.9 Å². The van der Waals surface area contributed by atoms with Gasteiger partial charge in [-0.2, -0.15) is 0 Å². The summed E-state index contributed by atoms with van der Waals surface area (Å²) in [5.41, 5.74) is 0.330. The second-order valence-corrected chi connectivity index (χ2v) is 4.91. The zero-order valence-electron chi connectivity index (χ0n) is 12.3. The number of para-hydroxylation sites is 2. The van der Waals surface area contributed by atoms with Crippen molar-refractivity contribution in [3.05, 3.63) is 78.9 Å². The van der Waals surface area contributed by atoms with Crippen LogP contribution < -0.4 is 14.9 Å². The van der Waals surface area contributed by atoms with Gasteiger partial charge in [-0.25, -0.2) is 0 Å². The van der Waals surface area contributed by atoms with Crippen LogP contribution in [0.25, 0.3) is 0 Å². The molecule has 5 heteroatoms. The second-order valence-electron chi connectivity index (χ2n) is 4.91. The number of hydrogen-bond donors (Lipinski definition) is 2. The van der Waals surface area contributed by atoms with Crippen LogP contribution in [-0.4, -0.2) is 17.2 Å². The van der Waals surface area contributed by atoms with E-state index in [9.17, 15) is 10.0 Å². The normalized spacial score (nSPS) is 10.2. The summed E-state index contributed by atoms with van der Waals surface area (Å²) < 4.78 is 11.7. The Kier molecular flexibility index (Phi) is 4.61. The minimum atomic E-state index is -1.57. The molecule has 0 saturated heterocycles. The number of benzene rings is 3. The Hall–Kier alpha value is -2.76. The summed E-state index contributed by atoms with van der Waals surface area (Å²) in [7, 11) is -1.57. The van der Waals surface area contributed by atoms with Crippen LogP contribution in [0.2, 0.25) is 0 Å². The first-order valence-electron chi connectivity index (χ1n) is 7.18. The third-order valence-corrected chi connectivity index (χ3v) is 3.21. The van der Waals surface area contributed by atoms with E-state index >= 15 is 0 Å². The van der Waals surface area contributed by atoms with Crippen LogP contribution in [0, 0.1) is 0 Å². The van der Waals surface area contributed by atoms with Crippen LogP contribution >= 0.6 is 0 Å². The van der Waals surface area contributed by atoms with E-state index < -0.39 is 7.12 Å². The minimum Gasteiger partial charge on any atom is -0.453 e. The molecule has 0 radical (unpaired) electrons. The van der Waals surface area contributed by atoms with Crippen molar-refractivity contribution in [2.75, 3.05) is 0 Å². The predicted molar refractivity (Wildman–Crippen MR) is 89.3 cm³/mol. The van der Waals surface area contributed by atoms with Crippen molar-refractivity contribution in [1.29, 1.82) is 0 Å². The molecule has 0 heterocycles. The number of rotatable bonds is 5. The first kappa shape index (κ1) is 15.2. The van der Waals surface area contributed by atoms with Crippen molar-refractivity contribution < 1.29 is 19.5 Å². The monoisotopic (exact) mass is 306 g/mol. The largest absolute Gasteiger partial charge is 0.488 e. The fourth-order valence-electron chi connectivity index (χ4n) is 2.08. The third kappa shape index (κ3) is 3.91. The van der Waals surface area contributed by atoms with E-state index in [0.717, 1.165) is 0 Å². The first-order valence-corrected chi connectivity index (χ1v) is 7.18. The molecule has 0 aliphatic heterocycles. The highest BCUT2D eigenvalue weighted by Gasteiger charge is 2.16. The molecule has 4 nitrogen and oxygen atoms in total. The zero-order chi connectivity index (χ0) is 16.1. The minimum absolute atomic E-state index is 0.330. The number of ether oxygens (including phenoxy) is 2. The molecule has 2 N–H and O–H groups in total. The maximum atomic E-state index is 9.35. The zero-order valence-corrected chi connectivity index (χ0v) is 12.3. The molecule has 0 spiro atoms. The molecule has 114 valence electrons. The third-order valence-electron chi connectivity index (χ3n) is 3.21. The maximum absolute atomic E-state index is 9.35. The van der Waals surface area contributed by atoms with Crippen molar-refractivity contribution in [2.45, 2.75) is 0 Å². The lowest BCUT2D eigenvalue weighted by atomic mass is 9.80. The summed E-state index contributed by atoms with van der Waals surface area (Å²) in [4.78, 5) is 0. The molecular weight excluding hydrogens is 291 g/mol. The quantitative estimate of drug-likeness (QED) is 0.712. The summed E-state index contributed by atoms with van der Waals surface area (Å²) >= 11 is 0. The predicted octanol–water partition coefficient (Wildman–Crippen LogP) is 2.95. The van der Waals surface area contributed by atoms with Crippen molar-refractivity contribution in [2.24, 2.45) is 0 Å². The van der Waals surface area contributed by atoms with E-state index in [-0.39, 0.29) is 0 Å². The first-order chi connectivity index (χ1) is 11.2. The van der Waals surface area contributed by atoms with Crippen LogP contribution in [0.4, 0.5) is 0 Å². The Morgan fingerprint density at radius 1 is 0.609 bits per heavy atom. The lowest BCUT2D eigenvalue weighted by molar-refractivity contribution is 0.415. The molecule has 0 unspecified atom stereocenters. The number of hydrogen-bond acceptors (Lipinski definition) is 4. The SMILES string of the molecule is OB(O)c1ccc(Oc2ccccc2)c(Oc2ccccc2)c1. The van der Waals surface area contributed by atoms with E-state index in [2.05, 4.69) is 0 Å². The van der Waals surface area contributed by atoms with E-state index in [1.165, 1.54) is 0 Å². The van der Waals surface area contributed by atoms with Gasteiger partial charge in [0.2, 0.25) is 0 Å². The standard InChI is InChI=1S/C18H15BO4/c20-19(21)14-11-12-17(22-15-7-3-1-4-8-15)18(13-14)23-16-9-5-2-6-10-16/h1-13,20-21H. The second kappa shape index (κ2) is 7.00. The van der Waals surface area contributed by atoms with Crippen molar-refractivity contribution in [1.82, 2.24) is 0 Å². The van der Waals surface area contributed by atoms with Crippen molar-refractivity contribution >= 4 is 12.6 Å². The van der Waals surface area contributed by atoms with Crippen molar-refractivity contribution in [3.8, 4) is 23.0 Å². The Labute approximate surface area is 134 Å².